The van der Waals surface area contributed by atoms with E-state index in [9.17, 15) is 0 Å². The Kier molecular flexibility index (Phi) is 3.79. The summed E-state index contributed by atoms with van der Waals surface area (Å²) in [6.45, 7) is 5.15. The van der Waals surface area contributed by atoms with Crippen molar-refractivity contribution in [2.45, 2.75) is 25.9 Å². The van der Waals surface area contributed by atoms with E-state index in [1.807, 2.05) is 12.1 Å². The summed E-state index contributed by atoms with van der Waals surface area (Å²) < 4.78 is 0. The predicted octanol–water partition coefficient (Wildman–Crippen LogP) is 1.90. The van der Waals surface area contributed by atoms with Crippen molar-refractivity contribution in [1.29, 1.82) is 0 Å². The SMILES string of the molecule is CC(N)C1CCN(Cc2cccc(Cl)n2)C1. The Balaban J connectivity index is 1.92. The molecule has 2 atom stereocenters. The highest BCUT2D eigenvalue weighted by molar-refractivity contribution is 6.29. The van der Waals surface area contributed by atoms with Crippen LogP contribution in [0, 0.1) is 5.92 Å². The standard InChI is InChI=1S/C12H18ClN3/c1-9(14)10-5-6-16(7-10)8-11-3-2-4-12(13)15-11/h2-4,9-10H,5-8,14H2,1H3. The van der Waals surface area contributed by atoms with Gasteiger partial charge in [0.1, 0.15) is 5.15 Å². The fourth-order valence-corrected chi connectivity index (χ4v) is 2.38. The van der Waals surface area contributed by atoms with Crippen LogP contribution in [0.25, 0.3) is 0 Å². The summed E-state index contributed by atoms with van der Waals surface area (Å²) in [7, 11) is 0. The maximum atomic E-state index is 5.91. The van der Waals surface area contributed by atoms with E-state index < -0.39 is 0 Å². The summed E-state index contributed by atoms with van der Waals surface area (Å²) in [6.07, 6.45) is 1.19. The van der Waals surface area contributed by atoms with Crippen LogP contribution in [-0.4, -0.2) is 29.0 Å². The second kappa shape index (κ2) is 5.13. The Labute approximate surface area is 102 Å². The highest BCUT2D eigenvalue weighted by Gasteiger charge is 2.25. The topological polar surface area (TPSA) is 42.1 Å². The van der Waals surface area contributed by atoms with Crippen molar-refractivity contribution in [2.75, 3.05) is 13.1 Å². The Morgan fingerprint density at radius 1 is 1.62 bits per heavy atom. The van der Waals surface area contributed by atoms with Crippen LogP contribution in [0.15, 0.2) is 18.2 Å². The lowest BCUT2D eigenvalue weighted by Crippen LogP contribution is -2.29. The van der Waals surface area contributed by atoms with Crippen LogP contribution in [0.1, 0.15) is 19.0 Å². The number of likely N-dealkylation sites (tertiary alicyclic amines) is 1. The molecule has 2 heterocycles. The minimum atomic E-state index is 0.289. The monoisotopic (exact) mass is 239 g/mol. The molecule has 1 aliphatic heterocycles. The number of nitrogens with zero attached hydrogens (tertiary/aromatic N) is 2. The first-order valence-electron chi connectivity index (χ1n) is 5.74. The van der Waals surface area contributed by atoms with Crippen LogP contribution in [-0.2, 0) is 6.54 Å². The summed E-state index contributed by atoms with van der Waals surface area (Å²) in [5.74, 6) is 0.624. The van der Waals surface area contributed by atoms with Gasteiger partial charge in [-0.05, 0) is 37.9 Å². The fourth-order valence-electron chi connectivity index (χ4n) is 2.20. The number of hydrogen-bond donors (Lipinski definition) is 1. The minimum Gasteiger partial charge on any atom is -0.328 e. The zero-order chi connectivity index (χ0) is 11.5. The second-order valence-corrected chi connectivity index (χ2v) is 4.98. The number of pyridine rings is 1. The predicted molar refractivity (Wildman–Crippen MR) is 66.3 cm³/mol. The molecule has 0 spiro atoms. The number of rotatable bonds is 3. The highest BCUT2D eigenvalue weighted by atomic mass is 35.5. The van der Waals surface area contributed by atoms with Gasteiger partial charge >= 0.3 is 0 Å². The molecule has 2 rings (SSSR count). The van der Waals surface area contributed by atoms with Gasteiger partial charge < -0.3 is 5.73 Å². The first-order valence-corrected chi connectivity index (χ1v) is 6.12. The molecule has 1 fully saturated rings. The molecule has 1 saturated heterocycles. The van der Waals surface area contributed by atoms with E-state index in [0.717, 1.165) is 25.3 Å². The first kappa shape index (κ1) is 11.8. The van der Waals surface area contributed by atoms with Crippen molar-refractivity contribution in [2.24, 2.45) is 11.7 Å². The lowest BCUT2D eigenvalue weighted by molar-refractivity contribution is 0.305. The zero-order valence-corrected chi connectivity index (χ0v) is 10.3. The Morgan fingerprint density at radius 2 is 2.44 bits per heavy atom. The Morgan fingerprint density at radius 3 is 3.06 bits per heavy atom. The van der Waals surface area contributed by atoms with Gasteiger partial charge in [-0.3, -0.25) is 4.90 Å². The largest absolute Gasteiger partial charge is 0.328 e. The molecular weight excluding hydrogens is 222 g/mol. The first-order chi connectivity index (χ1) is 7.65. The maximum absolute atomic E-state index is 5.91. The average Bonchev–Trinajstić information content (AvgIpc) is 2.66. The van der Waals surface area contributed by atoms with E-state index in [1.54, 1.807) is 6.07 Å². The number of halogens is 1. The molecule has 4 heteroatoms. The van der Waals surface area contributed by atoms with E-state index in [2.05, 4.69) is 16.8 Å². The molecule has 2 unspecified atom stereocenters. The van der Waals surface area contributed by atoms with Gasteiger partial charge in [-0.25, -0.2) is 4.98 Å². The van der Waals surface area contributed by atoms with Crippen molar-refractivity contribution in [3.63, 3.8) is 0 Å². The molecule has 2 N–H and O–H groups in total. The quantitative estimate of drug-likeness (QED) is 0.820. The van der Waals surface area contributed by atoms with Crippen LogP contribution in [0.4, 0.5) is 0 Å². The van der Waals surface area contributed by atoms with Gasteiger partial charge in [0, 0.05) is 19.1 Å². The second-order valence-electron chi connectivity index (χ2n) is 4.59. The fraction of sp³-hybridized carbons (Fsp3) is 0.583. The van der Waals surface area contributed by atoms with Crippen LogP contribution < -0.4 is 5.73 Å². The van der Waals surface area contributed by atoms with Gasteiger partial charge in [0.15, 0.2) is 0 Å². The van der Waals surface area contributed by atoms with Gasteiger partial charge in [-0.1, -0.05) is 17.7 Å². The summed E-state index contributed by atoms with van der Waals surface area (Å²) in [4.78, 5) is 6.69. The van der Waals surface area contributed by atoms with Gasteiger partial charge in [-0.2, -0.15) is 0 Å². The van der Waals surface area contributed by atoms with Crippen LogP contribution in [0.3, 0.4) is 0 Å². The van der Waals surface area contributed by atoms with Crippen molar-refractivity contribution >= 4 is 11.6 Å². The molecule has 0 aromatic carbocycles. The highest BCUT2D eigenvalue weighted by Crippen LogP contribution is 2.20. The third-order valence-corrected chi connectivity index (χ3v) is 3.42. The van der Waals surface area contributed by atoms with Crippen LogP contribution >= 0.6 is 11.6 Å². The maximum Gasteiger partial charge on any atom is 0.129 e. The zero-order valence-electron chi connectivity index (χ0n) is 9.56. The average molecular weight is 240 g/mol. The molecule has 0 saturated carbocycles. The Hall–Kier alpha value is -0.640. The van der Waals surface area contributed by atoms with E-state index in [4.69, 9.17) is 17.3 Å². The van der Waals surface area contributed by atoms with Crippen molar-refractivity contribution in [3.05, 3.63) is 29.0 Å². The normalized spacial score (nSPS) is 23.6. The molecule has 88 valence electrons. The summed E-state index contributed by atoms with van der Waals surface area (Å²) in [5.41, 5.74) is 6.95. The lowest BCUT2D eigenvalue weighted by atomic mass is 10.0. The molecular formula is C12H18ClN3. The molecule has 16 heavy (non-hydrogen) atoms. The number of aromatic nitrogens is 1. The van der Waals surface area contributed by atoms with Crippen molar-refractivity contribution in [3.8, 4) is 0 Å². The molecule has 3 nitrogen and oxygen atoms in total. The third kappa shape index (κ3) is 2.94. The van der Waals surface area contributed by atoms with Crippen molar-refractivity contribution < 1.29 is 0 Å². The summed E-state index contributed by atoms with van der Waals surface area (Å²) in [6, 6.07) is 6.06. The van der Waals surface area contributed by atoms with E-state index in [0.29, 0.717) is 11.1 Å². The molecule has 0 amide bonds. The minimum absolute atomic E-state index is 0.289. The summed E-state index contributed by atoms with van der Waals surface area (Å²) >= 11 is 5.86. The van der Waals surface area contributed by atoms with Gasteiger partial charge in [-0.15, -0.1) is 0 Å². The number of nitrogens with two attached hydrogens (primary N) is 1. The van der Waals surface area contributed by atoms with Gasteiger partial charge in [0.25, 0.3) is 0 Å². The molecule has 1 aromatic rings. The molecule has 1 aliphatic rings. The lowest BCUT2D eigenvalue weighted by Gasteiger charge is -2.17. The summed E-state index contributed by atoms with van der Waals surface area (Å²) in [5, 5.41) is 0.570. The molecule has 0 bridgehead atoms. The van der Waals surface area contributed by atoms with Crippen molar-refractivity contribution in [1.82, 2.24) is 9.88 Å². The molecule has 0 aliphatic carbocycles. The molecule has 0 radical (unpaired) electrons. The van der Waals surface area contributed by atoms with E-state index in [-0.39, 0.29) is 6.04 Å². The third-order valence-electron chi connectivity index (χ3n) is 3.21. The van der Waals surface area contributed by atoms with Gasteiger partial charge in [0.05, 0.1) is 5.69 Å². The van der Waals surface area contributed by atoms with E-state index >= 15 is 0 Å². The number of hydrogen-bond acceptors (Lipinski definition) is 3. The van der Waals surface area contributed by atoms with Crippen LogP contribution in [0.2, 0.25) is 5.15 Å². The van der Waals surface area contributed by atoms with Crippen LogP contribution in [0.5, 0.6) is 0 Å². The van der Waals surface area contributed by atoms with Gasteiger partial charge in [0.2, 0.25) is 0 Å². The smallest absolute Gasteiger partial charge is 0.129 e. The van der Waals surface area contributed by atoms with E-state index in [1.165, 1.54) is 6.42 Å². The Bertz CT molecular complexity index is 354. The molecule has 1 aromatic heterocycles.